The Hall–Kier alpha value is -2.06. The van der Waals surface area contributed by atoms with Gasteiger partial charge in [0.1, 0.15) is 5.82 Å². The van der Waals surface area contributed by atoms with E-state index < -0.39 is 0 Å². The highest BCUT2D eigenvalue weighted by Gasteiger charge is 2.37. The molecule has 33 heavy (non-hydrogen) atoms. The van der Waals surface area contributed by atoms with Crippen LogP contribution < -0.4 is 10.2 Å². The molecule has 0 unspecified atom stereocenters. The van der Waals surface area contributed by atoms with Gasteiger partial charge in [-0.1, -0.05) is 29.3 Å². The zero-order chi connectivity index (χ0) is 22.9. The molecule has 0 aliphatic carbocycles. The molecule has 176 valence electrons. The maximum atomic E-state index is 9.29. The molecule has 2 saturated heterocycles. The lowest BCUT2D eigenvalue weighted by Crippen LogP contribution is -2.54. The number of fused-ring (bicyclic) bond motifs is 1. The molecule has 1 aromatic carbocycles. The molecule has 5 rings (SSSR count). The summed E-state index contributed by atoms with van der Waals surface area (Å²) in [7, 11) is 0. The second-order valence-electron chi connectivity index (χ2n) is 9.22. The average Bonchev–Trinajstić information content (AvgIpc) is 3.11. The van der Waals surface area contributed by atoms with Gasteiger partial charge in [-0.25, -0.2) is 4.98 Å². The topological polar surface area (TPSA) is 68.9 Å². The Balaban J connectivity index is 1.31. The number of likely N-dealkylation sites (tertiary alicyclic amines) is 1. The van der Waals surface area contributed by atoms with Crippen LogP contribution in [-0.4, -0.2) is 63.9 Å². The van der Waals surface area contributed by atoms with Crippen molar-refractivity contribution >= 4 is 40.4 Å². The van der Waals surface area contributed by atoms with Crippen LogP contribution in [0.5, 0.6) is 0 Å². The Morgan fingerprint density at radius 1 is 1.15 bits per heavy atom. The van der Waals surface area contributed by atoms with Crippen molar-refractivity contribution in [2.24, 2.45) is 11.8 Å². The zero-order valence-electron chi connectivity index (χ0n) is 18.8. The number of nitrogens with zero attached hydrogens (tertiary/aromatic N) is 5. The van der Waals surface area contributed by atoms with E-state index in [9.17, 15) is 5.11 Å². The predicted molar refractivity (Wildman–Crippen MR) is 133 cm³/mol. The average molecular weight is 489 g/mol. The molecule has 2 fully saturated rings. The Kier molecular flexibility index (Phi) is 6.65. The minimum atomic E-state index is -0.0142. The van der Waals surface area contributed by atoms with E-state index in [-0.39, 0.29) is 12.6 Å². The molecule has 7 nitrogen and oxygen atoms in total. The number of halogens is 2. The van der Waals surface area contributed by atoms with Gasteiger partial charge in [-0.3, -0.25) is 0 Å². The molecule has 2 aromatic heterocycles. The molecule has 2 N–H and O–H groups in total. The van der Waals surface area contributed by atoms with Gasteiger partial charge in [-0.2, -0.15) is 9.61 Å². The van der Waals surface area contributed by atoms with E-state index in [1.165, 1.54) is 12.8 Å². The van der Waals surface area contributed by atoms with Crippen LogP contribution in [0.1, 0.15) is 31.4 Å². The highest BCUT2D eigenvalue weighted by molar-refractivity contribution is 6.35. The van der Waals surface area contributed by atoms with E-state index in [1.54, 1.807) is 18.5 Å². The summed E-state index contributed by atoms with van der Waals surface area (Å²) in [6, 6.07) is 7.71. The number of hydrogen-bond donors (Lipinski definition) is 2. The fourth-order valence-electron chi connectivity index (χ4n) is 5.23. The fraction of sp³-hybridized carbons (Fsp3) is 0.500. The molecule has 2 atom stereocenters. The molecule has 2 aliphatic rings. The highest BCUT2D eigenvalue weighted by Crippen LogP contribution is 2.37. The first-order valence-electron chi connectivity index (χ1n) is 11.7. The van der Waals surface area contributed by atoms with Gasteiger partial charge >= 0.3 is 0 Å². The van der Waals surface area contributed by atoms with Crippen molar-refractivity contribution in [1.82, 2.24) is 19.5 Å². The molecular formula is C24H30Cl2N6O. The summed E-state index contributed by atoms with van der Waals surface area (Å²) in [4.78, 5) is 9.39. The number of rotatable bonds is 7. The van der Waals surface area contributed by atoms with Crippen molar-refractivity contribution in [3.05, 3.63) is 52.3 Å². The lowest BCUT2D eigenvalue weighted by Gasteiger charge is -2.47. The Morgan fingerprint density at radius 3 is 2.79 bits per heavy atom. The first kappa shape index (κ1) is 22.7. The van der Waals surface area contributed by atoms with Gasteiger partial charge < -0.3 is 20.2 Å². The van der Waals surface area contributed by atoms with Crippen LogP contribution in [0.4, 0.5) is 11.5 Å². The van der Waals surface area contributed by atoms with Gasteiger partial charge in [0.15, 0.2) is 5.65 Å². The number of benzene rings is 1. The van der Waals surface area contributed by atoms with Crippen molar-refractivity contribution in [2.75, 3.05) is 49.5 Å². The van der Waals surface area contributed by atoms with Crippen LogP contribution in [0, 0.1) is 11.8 Å². The third-order valence-corrected chi connectivity index (χ3v) is 7.60. The van der Waals surface area contributed by atoms with Gasteiger partial charge in [0.25, 0.3) is 0 Å². The molecule has 2 aliphatic heterocycles. The normalized spacial score (nSPS) is 20.7. The maximum absolute atomic E-state index is 9.29. The molecule has 0 saturated carbocycles. The minimum absolute atomic E-state index is 0.0142. The van der Waals surface area contributed by atoms with E-state index in [0.29, 0.717) is 21.9 Å². The molecular weight excluding hydrogens is 459 g/mol. The number of β-amino-alcohol motifs (C(OH)–C–C–N with tert-alkyl or cyclic N) is 1. The molecule has 4 heterocycles. The Morgan fingerprint density at radius 2 is 2.00 bits per heavy atom. The first-order valence-corrected chi connectivity index (χ1v) is 12.4. The molecule has 0 amide bonds. The van der Waals surface area contributed by atoms with Crippen LogP contribution in [-0.2, 0) is 0 Å². The fourth-order valence-corrected chi connectivity index (χ4v) is 5.80. The van der Waals surface area contributed by atoms with Gasteiger partial charge in [0, 0.05) is 48.5 Å². The third kappa shape index (κ3) is 4.64. The quantitative estimate of drug-likeness (QED) is 0.515. The Labute approximate surface area is 204 Å². The Bertz CT molecular complexity index is 1110. The van der Waals surface area contributed by atoms with Crippen LogP contribution >= 0.6 is 23.2 Å². The number of piperidine rings is 1. The largest absolute Gasteiger partial charge is 0.395 e. The second-order valence-corrected chi connectivity index (χ2v) is 10.1. The van der Waals surface area contributed by atoms with Gasteiger partial charge in [-0.15, -0.1) is 0 Å². The number of aliphatic hydroxyl groups excluding tert-OH is 1. The van der Waals surface area contributed by atoms with Crippen molar-refractivity contribution in [3.63, 3.8) is 0 Å². The standard InChI is InChI=1S/C24H30Cl2N6O/c1-16(20-5-4-19(25)11-21(20)26)29-22-12-23(32-24(22)27-6-7-28-32)31-14-18(15-31)17-3-2-8-30(13-17)9-10-33/h4-7,11-12,16-18,29,33H,2-3,8-10,13-15H2,1H3/t16-,17+/m1/s1. The second kappa shape index (κ2) is 9.66. The molecule has 0 radical (unpaired) electrons. The molecule has 9 heteroatoms. The smallest absolute Gasteiger partial charge is 0.179 e. The van der Waals surface area contributed by atoms with Crippen LogP contribution in [0.2, 0.25) is 10.0 Å². The van der Waals surface area contributed by atoms with Crippen molar-refractivity contribution < 1.29 is 5.11 Å². The summed E-state index contributed by atoms with van der Waals surface area (Å²) in [5.74, 6) is 2.44. The molecule has 0 bridgehead atoms. The lowest BCUT2D eigenvalue weighted by atomic mass is 9.80. The van der Waals surface area contributed by atoms with E-state index in [4.69, 9.17) is 23.2 Å². The van der Waals surface area contributed by atoms with Gasteiger partial charge in [-0.05, 0) is 55.8 Å². The minimum Gasteiger partial charge on any atom is -0.395 e. The van der Waals surface area contributed by atoms with Crippen LogP contribution in [0.3, 0.4) is 0 Å². The van der Waals surface area contributed by atoms with Crippen molar-refractivity contribution in [2.45, 2.75) is 25.8 Å². The number of hydrogen-bond acceptors (Lipinski definition) is 6. The summed E-state index contributed by atoms with van der Waals surface area (Å²) in [5, 5.41) is 18.7. The van der Waals surface area contributed by atoms with Crippen molar-refractivity contribution in [3.8, 4) is 0 Å². The number of aliphatic hydroxyl groups is 1. The number of nitrogens with one attached hydrogen (secondary N) is 1. The third-order valence-electron chi connectivity index (χ3n) is 7.04. The SMILES string of the molecule is C[C@@H](Nc1cc(N2CC([C@H]3CCCN(CCO)C3)C2)n2nccnc12)c1ccc(Cl)cc1Cl. The summed E-state index contributed by atoms with van der Waals surface area (Å²) in [6.07, 6.45) is 5.95. The van der Waals surface area contributed by atoms with E-state index in [1.807, 2.05) is 16.6 Å². The van der Waals surface area contributed by atoms with Gasteiger partial charge in [0.05, 0.1) is 24.5 Å². The van der Waals surface area contributed by atoms with E-state index >= 15 is 0 Å². The number of aromatic nitrogens is 3. The monoisotopic (exact) mass is 488 g/mol. The number of anilines is 2. The van der Waals surface area contributed by atoms with Crippen LogP contribution in [0.15, 0.2) is 36.7 Å². The highest BCUT2D eigenvalue weighted by atomic mass is 35.5. The zero-order valence-corrected chi connectivity index (χ0v) is 20.3. The molecule has 0 spiro atoms. The summed E-state index contributed by atoms with van der Waals surface area (Å²) < 4.78 is 1.92. The van der Waals surface area contributed by atoms with E-state index in [2.05, 4.69) is 38.2 Å². The van der Waals surface area contributed by atoms with Crippen LogP contribution in [0.25, 0.3) is 5.65 Å². The summed E-state index contributed by atoms with van der Waals surface area (Å²) >= 11 is 12.5. The first-order chi connectivity index (χ1) is 16.0. The van der Waals surface area contributed by atoms with E-state index in [0.717, 1.165) is 55.4 Å². The maximum Gasteiger partial charge on any atom is 0.179 e. The van der Waals surface area contributed by atoms with Crippen molar-refractivity contribution in [1.29, 1.82) is 0 Å². The van der Waals surface area contributed by atoms with Gasteiger partial charge in [0.2, 0.25) is 0 Å². The lowest BCUT2D eigenvalue weighted by molar-refractivity contribution is 0.101. The summed E-state index contributed by atoms with van der Waals surface area (Å²) in [5.41, 5.74) is 2.73. The summed E-state index contributed by atoms with van der Waals surface area (Å²) in [6.45, 7) is 7.37. The molecule has 3 aromatic rings. The predicted octanol–water partition coefficient (Wildman–Crippen LogP) is 4.35.